The van der Waals surface area contributed by atoms with Gasteiger partial charge in [0, 0.05) is 0 Å². The molecule has 0 aromatic heterocycles. The van der Waals surface area contributed by atoms with Gasteiger partial charge in [-0.2, -0.15) is 13.2 Å². The molecule has 6 heteroatoms. The molecule has 0 saturated heterocycles. The Bertz CT molecular complexity index is 651. The SMILES string of the molecule is CB(C)c1ccc(COCc2ccc(C(F)(F)F)cc2)cc1F. The Hall–Kier alpha value is -1.82. The van der Waals surface area contributed by atoms with Crippen LogP contribution in [0.15, 0.2) is 42.5 Å². The van der Waals surface area contributed by atoms with E-state index in [1.165, 1.54) is 18.2 Å². The topological polar surface area (TPSA) is 9.23 Å². The third kappa shape index (κ3) is 4.83. The first kappa shape index (κ1) is 17.5. The minimum atomic E-state index is -4.34. The minimum absolute atomic E-state index is 0.108. The van der Waals surface area contributed by atoms with Crippen LogP contribution >= 0.6 is 0 Å². The predicted octanol–water partition coefficient (Wildman–Crippen LogP) is 4.52. The molecule has 2 rings (SSSR count). The van der Waals surface area contributed by atoms with Crippen LogP contribution in [-0.4, -0.2) is 6.71 Å². The third-order valence-corrected chi connectivity index (χ3v) is 3.51. The van der Waals surface area contributed by atoms with E-state index in [2.05, 4.69) is 0 Å². The van der Waals surface area contributed by atoms with Gasteiger partial charge in [0.15, 0.2) is 6.71 Å². The second-order valence-electron chi connectivity index (χ2n) is 5.70. The maximum atomic E-state index is 13.8. The van der Waals surface area contributed by atoms with E-state index in [4.69, 9.17) is 4.74 Å². The number of hydrogen-bond donors (Lipinski definition) is 0. The highest BCUT2D eigenvalue weighted by atomic mass is 19.4. The van der Waals surface area contributed by atoms with Gasteiger partial charge < -0.3 is 4.74 Å². The van der Waals surface area contributed by atoms with E-state index in [0.29, 0.717) is 16.6 Å². The molecule has 0 atom stereocenters. The molecule has 2 aromatic carbocycles. The maximum Gasteiger partial charge on any atom is 0.416 e. The molecule has 23 heavy (non-hydrogen) atoms. The van der Waals surface area contributed by atoms with Crippen molar-refractivity contribution in [1.29, 1.82) is 0 Å². The lowest BCUT2D eigenvalue weighted by atomic mass is 9.49. The normalized spacial score (nSPS) is 11.6. The second kappa shape index (κ2) is 7.17. The fourth-order valence-corrected chi connectivity index (χ4v) is 2.21. The molecule has 0 N–H and O–H groups in total. The van der Waals surface area contributed by atoms with Crippen LogP contribution in [0.1, 0.15) is 16.7 Å². The van der Waals surface area contributed by atoms with Crippen molar-refractivity contribution in [2.24, 2.45) is 0 Å². The van der Waals surface area contributed by atoms with E-state index in [-0.39, 0.29) is 25.7 Å². The molecule has 0 aliphatic rings. The van der Waals surface area contributed by atoms with E-state index >= 15 is 0 Å². The third-order valence-electron chi connectivity index (χ3n) is 3.51. The average Bonchev–Trinajstić information content (AvgIpc) is 2.46. The number of halogens is 4. The van der Waals surface area contributed by atoms with Crippen LogP contribution in [0.2, 0.25) is 13.6 Å². The van der Waals surface area contributed by atoms with Gasteiger partial charge in [-0.05, 0) is 34.8 Å². The molecule has 122 valence electrons. The maximum absolute atomic E-state index is 13.8. The molecule has 0 amide bonds. The van der Waals surface area contributed by atoms with Crippen LogP contribution in [0, 0.1) is 5.82 Å². The molecule has 0 radical (unpaired) electrons. The molecule has 1 nitrogen and oxygen atoms in total. The smallest absolute Gasteiger partial charge is 0.372 e. The van der Waals surface area contributed by atoms with Crippen molar-refractivity contribution in [3.05, 3.63) is 65.0 Å². The fourth-order valence-electron chi connectivity index (χ4n) is 2.21. The predicted molar refractivity (Wildman–Crippen MR) is 83.5 cm³/mol. The summed E-state index contributed by atoms with van der Waals surface area (Å²) in [6.45, 7) is 4.32. The van der Waals surface area contributed by atoms with Crippen molar-refractivity contribution < 1.29 is 22.3 Å². The summed E-state index contributed by atoms with van der Waals surface area (Å²) in [5, 5.41) is 0. The minimum Gasteiger partial charge on any atom is -0.372 e. The van der Waals surface area contributed by atoms with Crippen molar-refractivity contribution in [1.82, 2.24) is 0 Å². The Morgan fingerprint density at radius 2 is 1.48 bits per heavy atom. The Kier molecular flexibility index (Phi) is 5.47. The molecule has 0 saturated carbocycles. The Labute approximate surface area is 133 Å². The van der Waals surface area contributed by atoms with Crippen LogP contribution < -0.4 is 5.46 Å². The molecule has 0 heterocycles. The van der Waals surface area contributed by atoms with Crippen molar-refractivity contribution in [3.8, 4) is 0 Å². The summed E-state index contributed by atoms with van der Waals surface area (Å²) in [6.07, 6.45) is -4.34. The van der Waals surface area contributed by atoms with Gasteiger partial charge in [0.25, 0.3) is 0 Å². The second-order valence-corrected chi connectivity index (χ2v) is 5.70. The molecule has 0 fully saturated rings. The van der Waals surface area contributed by atoms with Crippen molar-refractivity contribution in [2.45, 2.75) is 33.0 Å². The first-order chi connectivity index (χ1) is 10.8. The standard InChI is InChI=1S/C17H17BF4O/c1-18(2)15-8-5-13(9-16(15)19)11-23-10-12-3-6-14(7-4-12)17(20,21)22/h3-9H,10-11H2,1-2H3. The van der Waals surface area contributed by atoms with E-state index in [1.54, 1.807) is 12.1 Å². The first-order valence-corrected chi connectivity index (χ1v) is 7.29. The number of ether oxygens (including phenoxy) is 1. The lowest BCUT2D eigenvalue weighted by Crippen LogP contribution is -2.26. The summed E-state index contributed by atoms with van der Waals surface area (Å²) in [6, 6.07) is 9.77. The van der Waals surface area contributed by atoms with Gasteiger partial charge in [0.05, 0.1) is 18.8 Å². The van der Waals surface area contributed by atoms with Gasteiger partial charge in [-0.3, -0.25) is 0 Å². The summed E-state index contributed by atoms with van der Waals surface area (Å²) in [7, 11) is 0. The van der Waals surface area contributed by atoms with E-state index in [1.807, 2.05) is 13.6 Å². The van der Waals surface area contributed by atoms with Gasteiger partial charge in [0.2, 0.25) is 0 Å². The van der Waals surface area contributed by atoms with E-state index in [0.717, 1.165) is 12.1 Å². The molecule has 0 aliphatic carbocycles. The highest BCUT2D eigenvalue weighted by molar-refractivity contribution is 6.70. The largest absolute Gasteiger partial charge is 0.416 e. The monoisotopic (exact) mass is 324 g/mol. The summed E-state index contributed by atoms with van der Waals surface area (Å²) < 4.78 is 56.6. The van der Waals surface area contributed by atoms with Gasteiger partial charge in [-0.15, -0.1) is 0 Å². The van der Waals surface area contributed by atoms with E-state index < -0.39 is 11.7 Å². The zero-order valence-corrected chi connectivity index (χ0v) is 13.0. The van der Waals surface area contributed by atoms with Crippen LogP contribution in [0.5, 0.6) is 0 Å². The quantitative estimate of drug-likeness (QED) is 0.580. The first-order valence-electron chi connectivity index (χ1n) is 7.29. The van der Waals surface area contributed by atoms with Gasteiger partial charge in [-0.25, -0.2) is 4.39 Å². The van der Waals surface area contributed by atoms with Crippen LogP contribution in [0.3, 0.4) is 0 Å². The number of benzene rings is 2. The molecule has 2 aromatic rings. The van der Waals surface area contributed by atoms with E-state index in [9.17, 15) is 17.6 Å². The number of hydrogen-bond acceptors (Lipinski definition) is 1. The van der Waals surface area contributed by atoms with Gasteiger partial charge >= 0.3 is 6.18 Å². The molecule has 0 unspecified atom stereocenters. The van der Waals surface area contributed by atoms with Gasteiger partial charge in [-0.1, -0.05) is 37.9 Å². The van der Waals surface area contributed by atoms with Gasteiger partial charge in [0.1, 0.15) is 5.82 Å². The highest BCUT2D eigenvalue weighted by Gasteiger charge is 2.29. The molecular weight excluding hydrogens is 307 g/mol. The summed E-state index contributed by atoms with van der Waals surface area (Å²) in [5.41, 5.74) is 1.29. The molecule has 0 aliphatic heterocycles. The molecule has 0 spiro atoms. The Balaban J connectivity index is 1.91. The fraction of sp³-hybridized carbons (Fsp3) is 0.294. The van der Waals surface area contributed by atoms with Crippen LogP contribution in [0.4, 0.5) is 17.6 Å². The molecule has 0 bridgehead atoms. The summed E-state index contributed by atoms with van der Waals surface area (Å²) >= 11 is 0. The zero-order chi connectivity index (χ0) is 17.0. The highest BCUT2D eigenvalue weighted by Crippen LogP contribution is 2.29. The average molecular weight is 324 g/mol. The van der Waals surface area contributed by atoms with Crippen molar-refractivity contribution in [2.75, 3.05) is 0 Å². The number of alkyl halides is 3. The lowest BCUT2D eigenvalue weighted by Gasteiger charge is -2.09. The zero-order valence-electron chi connectivity index (χ0n) is 13.0. The van der Waals surface area contributed by atoms with Crippen molar-refractivity contribution >= 4 is 12.2 Å². The van der Waals surface area contributed by atoms with Crippen LogP contribution in [-0.2, 0) is 24.1 Å². The van der Waals surface area contributed by atoms with Crippen molar-refractivity contribution in [3.63, 3.8) is 0 Å². The molecular formula is C17H17BF4O. The summed E-state index contributed by atoms with van der Waals surface area (Å²) in [5.74, 6) is -0.268. The lowest BCUT2D eigenvalue weighted by molar-refractivity contribution is -0.137. The number of rotatable bonds is 5. The Morgan fingerprint density at radius 3 is 2.00 bits per heavy atom. The van der Waals surface area contributed by atoms with Crippen LogP contribution in [0.25, 0.3) is 0 Å². The Morgan fingerprint density at radius 1 is 0.913 bits per heavy atom. The summed E-state index contributed by atoms with van der Waals surface area (Å²) in [4.78, 5) is 0.